The van der Waals surface area contributed by atoms with Gasteiger partial charge in [-0.2, -0.15) is 9.78 Å². The van der Waals surface area contributed by atoms with Crippen molar-refractivity contribution in [3.63, 3.8) is 0 Å². The molecule has 1 aliphatic rings. The summed E-state index contributed by atoms with van der Waals surface area (Å²) in [7, 11) is 0. The van der Waals surface area contributed by atoms with Gasteiger partial charge < -0.3 is 5.73 Å². The van der Waals surface area contributed by atoms with Gasteiger partial charge in [0.05, 0.1) is 5.71 Å². The van der Waals surface area contributed by atoms with Gasteiger partial charge in [0.1, 0.15) is 5.69 Å². The van der Waals surface area contributed by atoms with Crippen molar-refractivity contribution in [1.29, 1.82) is 0 Å². The van der Waals surface area contributed by atoms with E-state index in [9.17, 15) is 4.79 Å². The molecule has 0 atom stereocenters. The summed E-state index contributed by atoms with van der Waals surface area (Å²) >= 11 is 0. The largest absolute Gasteiger partial charge is 0.378 e. The van der Waals surface area contributed by atoms with E-state index in [1.165, 1.54) is 42.3 Å². The highest BCUT2D eigenvalue weighted by Gasteiger charge is 2.25. The van der Waals surface area contributed by atoms with E-state index in [2.05, 4.69) is 55.4 Å². The average molecular weight is 471 g/mol. The van der Waals surface area contributed by atoms with Crippen molar-refractivity contribution in [1.82, 2.24) is 30.7 Å². The lowest BCUT2D eigenvalue weighted by molar-refractivity contribution is 0.0950. The lowest BCUT2D eigenvalue weighted by Gasteiger charge is -2.22. The number of benzene rings is 2. The SMILES string of the molecule is C/C(=N\NC(=O)c1nnn(-c2nonc2N)c1-c1ccccc1)c1ccc(C2CCCCC2)cc1. The van der Waals surface area contributed by atoms with Crippen LogP contribution in [0.5, 0.6) is 0 Å². The highest BCUT2D eigenvalue weighted by Crippen LogP contribution is 2.32. The summed E-state index contributed by atoms with van der Waals surface area (Å²) in [6.07, 6.45) is 6.44. The number of nitrogens with two attached hydrogens (primary N) is 1. The quantitative estimate of drug-likeness (QED) is 0.320. The predicted octanol–water partition coefficient (Wildman–Crippen LogP) is 4.10. The summed E-state index contributed by atoms with van der Waals surface area (Å²) in [5, 5.41) is 19.8. The molecule has 3 N–H and O–H groups in total. The van der Waals surface area contributed by atoms with Crippen LogP contribution in [0, 0.1) is 0 Å². The third-order valence-electron chi connectivity index (χ3n) is 6.36. The Labute approximate surface area is 202 Å². The van der Waals surface area contributed by atoms with Gasteiger partial charge in [-0.1, -0.05) is 79.1 Å². The lowest BCUT2D eigenvalue weighted by Crippen LogP contribution is -2.21. The number of hydrogen-bond acceptors (Lipinski definition) is 8. The number of amides is 1. The molecule has 35 heavy (non-hydrogen) atoms. The van der Waals surface area contributed by atoms with Crippen LogP contribution in [-0.4, -0.2) is 36.9 Å². The van der Waals surface area contributed by atoms with E-state index in [1.54, 1.807) is 0 Å². The number of aromatic nitrogens is 5. The van der Waals surface area contributed by atoms with Gasteiger partial charge >= 0.3 is 0 Å². The van der Waals surface area contributed by atoms with Crippen LogP contribution in [-0.2, 0) is 0 Å². The smallest absolute Gasteiger partial charge is 0.294 e. The van der Waals surface area contributed by atoms with Crippen molar-refractivity contribution in [2.75, 3.05) is 5.73 Å². The molecule has 1 aliphatic carbocycles. The van der Waals surface area contributed by atoms with Crippen molar-refractivity contribution >= 4 is 17.4 Å². The van der Waals surface area contributed by atoms with E-state index in [-0.39, 0.29) is 17.3 Å². The first-order valence-corrected chi connectivity index (χ1v) is 11.7. The number of carbonyl (C=O) groups excluding carboxylic acids is 1. The summed E-state index contributed by atoms with van der Waals surface area (Å²) in [4.78, 5) is 13.1. The Bertz CT molecular complexity index is 1340. The van der Waals surface area contributed by atoms with Gasteiger partial charge in [0, 0.05) is 5.56 Å². The van der Waals surface area contributed by atoms with E-state index < -0.39 is 5.91 Å². The van der Waals surface area contributed by atoms with Gasteiger partial charge in [-0.3, -0.25) is 4.79 Å². The van der Waals surface area contributed by atoms with Crippen molar-refractivity contribution < 1.29 is 9.42 Å². The van der Waals surface area contributed by atoms with E-state index in [0.717, 1.165) is 5.56 Å². The number of anilines is 1. The molecule has 0 bridgehead atoms. The van der Waals surface area contributed by atoms with E-state index in [4.69, 9.17) is 10.4 Å². The first-order valence-electron chi connectivity index (χ1n) is 11.7. The number of carbonyl (C=O) groups is 1. The molecule has 1 saturated carbocycles. The Kier molecular flexibility index (Phi) is 6.34. The molecule has 2 aromatic heterocycles. The van der Waals surface area contributed by atoms with Crippen molar-refractivity contribution in [3.8, 4) is 17.1 Å². The third kappa shape index (κ3) is 4.68. The molecule has 0 unspecified atom stereocenters. The zero-order valence-electron chi connectivity index (χ0n) is 19.4. The van der Waals surface area contributed by atoms with Crippen LogP contribution in [0.15, 0.2) is 64.3 Å². The van der Waals surface area contributed by atoms with E-state index in [0.29, 0.717) is 22.9 Å². The monoisotopic (exact) mass is 470 g/mol. The third-order valence-corrected chi connectivity index (χ3v) is 6.36. The Morgan fingerprint density at radius 1 is 1.06 bits per heavy atom. The molecule has 178 valence electrons. The number of nitrogens with zero attached hydrogens (tertiary/aromatic N) is 6. The first kappa shape index (κ1) is 22.5. The van der Waals surface area contributed by atoms with Crippen molar-refractivity contribution in [2.24, 2.45) is 5.10 Å². The summed E-state index contributed by atoms with van der Waals surface area (Å²) in [5.41, 5.74) is 12.6. The van der Waals surface area contributed by atoms with Crippen LogP contribution >= 0.6 is 0 Å². The van der Waals surface area contributed by atoms with Gasteiger partial charge in [0.25, 0.3) is 5.91 Å². The molecule has 0 saturated heterocycles. The molecule has 10 nitrogen and oxygen atoms in total. The minimum absolute atomic E-state index is 0.0320. The number of nitrogens with one attached hydrogen (secondary N) is 1. The summed E-state index contributed by atoms with van der Waals surface area (Å²) in [5.74, 6) is 0.309. The number of hydrogen-bond donors (Lipinski definition) is 2. The highest BCUT2D eigenvalue weighted by atomic mass is 16.6. The second-order valence-corrected chi connectivity index (χ2v) is 8.63. The van der Waals surface area contributed by atoms with Gasteiger partial charge in [0.2, 0.25) is 11.6 Å². The fraction of sp³-hybridized carbons (Fsp3) is 0.280. The van der Waals surface area contributed by atoms with Gasteiger partial charge in [0.15, 0.2) is 5.69 Å². The zero-order valence-corrected chi connectivity index (χ0v) is 19.4. The maximum absolute atomic E-state index is 13.1. The maximum Gasteiger partial charge on any atom is 0.294 e. The molecule has 2 heterocycles. The van der Waals surface area contributed by atoms with Gasteiger partial charge in [-0.15, -0.1) is 5.10 Å². The predicted molar refractivity (Wildman–Crippen MR) is 131 cm³/mol. The Balaban J connectivity index is 1.38. The second-order valence-electron chi connectivity index (χ2n) is 8.63. The molecule has 1 fully saturated rings. The van der Waals surface area contributed by atoms with Crippen molar-refractivity contribution in [3.05, 3.63) is 71.4 Å². The molecular weight excluding hydrogens is 444 g/mol. The first-order chi connectivity index (χ1) is 17.1. The fourth-order valence-electron chi connectivity index (χ4n) is 4.46. The summed E-state index contributed by atoms with van der Waals surface area (Å²) in [6.45, 7) is 1.85. The normalized spacial score (nSPS) is 14.7. The van der Waals surface area contributed by atoms with Crippen LogP contribution in [0.3, 0.4) is 0 Å². The minimum atomic E-state index is -0.511. The summed E-state index contributed by atoms with van der Waals surface area (Å²) in [6, 6.07) is 17.7. The lowest BCUT2D eigenvalue weighted by atomic mass is 9.84. The number of nitrogen functional groups attached to an aromatic ring is 1. The topological polar surface area (TPSA) is 137 Å². The minimum Gasteiger partial charge on any atom is -0.378 e. The Hall–Kier alpha value is -4.34. The number of hydrazone groups is 1. The fourth-order valence-corrected chi connectivity index (χ4v) is 4.46. The molecule has 1 amide bonds. The van der Waals surface area contributed by atoms with Crippen LogP contribution in [0.25, 0.3) is 17.1 Å². The molecule has 2 aromatic carbocycles. The van der Waals surface area contributed by atoms with Crippen molar-refractivity contribution in [2.45, 2.75) is 44.9 Å². The maximum atomic E-state index is 13.1. The van der Waals surface area contributed by atoms with Gasteiger partial charge in [-0.05, 0) is 47.1 Å². The van der Waals surface area contributed by atoms with Crippen LogP contribution < -0.4 is 11.2 Å². The van der Waals surface area contributed by atoms with E-state index >= 15 is 0 Å². The Morgan fingerprint density at radius 2 is 1.80 bits per heavy atom. The molecule has 5 rings (SSSR count). The molecule has 10 heteroatoms. The molecule has 0 spiro atoms. The van der Waals surface area contributed by atoms with E-state index in [1.807, 2.05) is 37.3 Å². The zero-order chi connectivity index (χ0) is 24.2. The van der Waals surface area contributed by atoms with Crippen LogP contribution in [0.4, 0.5) is 5.82 Å². The Morgan fingerprint density at radius 3 is 2.49 bits per heavy atom. The highest BCUT2D eigenvalue weighted by molar-refractivity contribution is 6.02. The average Bonchev–Trinajstić information content (AvgIpc) is 3.54. The van der Waals surface area contributed by atoms with Gasteiger partial charge in [-0.25, -0.2) is 10.1 Å². The molecule has 4 aromatic rings. The number of rotatable bonds is 6. The van der Waals surface area contributed by atoms with Crippen LogP contribution in [0.2, 0.25) is 0 Å². The van der Waals surface area contributed by atoms with Crippen LogP contribution in [0.1, 0.15) is 66.6 Å². The summed E-state index contributed by atoms with van der Waals surface area (Å²) < 4.78 is 6.03. The molecular formula is C25H26N8O2. The molecule has 0 radical (unpaired) electrons. The second kappa shape index (κ2) is 9.88. The standard InChI is InChI=1S/C25H26N8O2/c1-16(17-12-14-19(15-13-17)18-8-4-2-5-9-18)27-29-25(34)21-22(20-10-6-3-7-11-20)33(32-28-21)24-23(26)30-35-31-24/h3,6-7,10-15,18H,2,4-5,8-9H2,1H3,(H2,26,30)(H,29,34)/b27-16+. The molecule has 0 aliphatic heterocycles.